The van der Waals surface area contributed by atoms with Crippen molar-refractivity contribution in [3.8, 4) is 5.75 Å². The van der Waals surface area contributed by atoms with Gasteiger partial charge in [-0.1, -0.05) is 51.0 Å². The highest BCUT2D eigenvalue weighted by atomic mass is 16.5. The van der Waals surface area contributed by atoms with E-state index in [9.17, 15) is 9.90 Å². The fraction of sp³-hybridized carbons (Fsp3) is 0.737. The van der Waals surface area contributed by atoms with Gasteiger partial charge in [-0.15, -0.1) is 0 Å². The molecule has 1 saturated heterocycles. The Hall–Kier alpha value is -2.46. The van der Waals surface area contributed by atoms with Gasteiger partial charge in [0.15, 0.2) is 12.2 Å². The molecule has 3 aliphatic carbocycles. The minimum atomic E-state index is -0.605. The van der Waals surface area contributed by atoms with Crippen LogP contribution in [0.3, 0.4) is 0 Å². The van der Waals surface area contributed by atoms with E-state index in [1.165, 1.54) is 93.7 Å². The molecule has 1 aromatic heterocycles. The molecule has 0 radical (unpaired) electrons. The number of benzene rings is 1. The Kier molecular flexibility index (Phi) is 10.2. The highest BCUT2D eigenvalue weighted by Gasteiger charge is 2.54. The van der Waals surface area contributed by atoms with Crippen LogP contribution in [-0.2, 0) is 24.4 Å². The van der Waals surface area contributed by atoms with Gasteiger partial charge in [-0.05, 0) is 91.9 Å². The average molecular weight is 648 g/mol. The van der Waals surface area contributed by atoms with Crippen molar-refractivity contribution < 1.29 is 19.1 Å². The van der Waals surface area contributed by atoms with Crippen molar-refractivity contribution in [1.82, 2.24) is 25.8 Å². The zero-order chi connectivity index (χ0) is 32.3. The van der Waals surface area contributed by atoms with Crippen molar-refractivity contribution in [1.29, 1.82) is 0 Å². The number of fused-ring (bicyclic) bond motifs is 1. The Morgan fingerprint density at radius 2 is 1.89 bits per heavy atom. The lowest BCUT2D eigenvalue weighted by molar-refractivity contribution is -0.133. The SMILES string of the molecule is Cc1c(OCc2cnco2)ccc2c1CCN(C[C@@H](O)CNC(=O)C1CC(NC3CC4(CC4)C3)NCC13CCCCCCCCC3)C2. The Bertz CT molecular complexity index is 1330. The molecule has 2 spiro atoms. The van der Waals surface area contributed by atoms with E-state index < -0.39 is 6.10 Å². The normalized spacial score (nSPS) is 26.7. The van der Waals surface area contributed by atoms with E-state index >= 15 is 0 Å². The van der Waals surface area contributed by atoms with Crippen LogP contribution in [0, 0.1) is 23.7 Å². The van der Waals surface area contributed by atoms with Crippen LogP contribution in [0.25, 0.3) is 0 Å². The second kappa shape index (κ2) is 14.6. The molecule has 1 amide bonds. The third-order valence-electron chi connectivity index (χ3n) is 12.4. The maximum Gasteiger partial charge on any atom is 0.223 e. The number of aliphatic hydroxyl groups excluding tert-OH is 1. The molecule has 0 bridgehead atoms. The van der Waals surface area contributed by atoms with Gasteiger partial charge >= 0.3 is 0 Å². The lowest BCUT2D eigenvalue weighted by atomic mass is 9.64. The van der Waals surface area contributed by atoms with Crippen molar-refractivity contribution in [3.63, 3.8) is 0 Å². The lowest BCUT2D eigenvalue weighted by Gasteiger charge is -2.49. The highest BCUT2D eigenvalue weighted by Crippen LogP contribution is 2.60. The first kappa shape index (κ1) is 33.1. The van der Waals surface area contributed by atoms with E-state index in [-0.39, 0.29) is 23.4 Å². The third-order valence-corrected chi connectivity index (χ3v) is 12.4. The molecule has 9 heteroatoms. The molecule has 4 fully saturated rings. The molecule has 9 nitrogen and oxygen atoms in total. The van der Waals surface area contributed by atoms with Gasteiger partial charge in [0.25, 0.3) is 0 Å². The standard InChI is InChI=1S/C38H57N5O4/c1-27-32-11-16-43(22-28(32)9-10-34(27)46-24-31-21-39-26-47-31)23-30(44)20-40-36(45)33-17-35(42-29-18-37(19-29)14-15-37)41-25-38(33)12-7-5-3-2-4-6-8-13-38/h9-10,21,26,29-30,33,35,41-42,44H,2-8,11-20,22-25H2,1H3,(H,40,45)/t30-,33?,35?/m0/s1. The smallest absolute Gasteiger partial charge is 0.223 e. The van der Waals surface area contributed by atoms with Gasteiger partial charge in [0.2, 0.25) is 5.91 Å². The molecule has 258 valence electrons. The van der Waals surface area contributed by atoms with Crippen molar-refractivity contribution >= 4 is 5.91 Å². The van der Waals surface area contributed by atoms with Crippen LogP contribution in [0.2, 0.25) is 0 Å². The number of nitrogens with zero attached hydrogens (tertiary/aromatic N) is 2. The molecule has 4 N–H and O–H groups in total. The number of oxazole rings is 1. The van der Waals surface area contributed by atoms with E-state index in [0.717, 1.165) is 51.1 Å². The number of piperidine rings is 1. The number of carbonyl (C=O) groups excluding carboxylic acids is 1. The molecule has 2 unspecified atom stereocenters. The molecule has 2 aliphatic heterocycles. The summed E-state index contributed by atoms with van der Waals surface area (Å²) in [7, 11) is 0. The largest absolute Gasteiger partial charge is 0.485 e. The summed E-state index contributed by atoms with van der Waals surface area (Å²) in [5.74, 6) is 1.71. The van der Waals surface area contributed by atoms with Crippen molar-refractivity contribution in [3.05, 3.63) is 47.2 Å². The monoisotopic (exact) mass is 647 g/mol. The van der Waals surface area contributed by atoms with Crippen LogP contribution in [0.15, 0.2) is 29.1 Å². The Morgan fingerprint density at radius 1 is 1.13 bits per heavy atom. The summed E-state index contributed by atoms with van der Waals surface area (Å²) >= 11 is 0. The molecular formula is C38H57N5O4. The topological polar surface area (TPSA) is 112 Å². The van der Waals surface area contributed by atoms with Crippen LogP contribution >= 0.6 is 0 Å². The second-order valence-corrected chi connectivity index (χ2v) is 15.8. The molecule has 7 rings (SSSR count). The number of ether oxygens (including phenoxy) is 1. The number of hydrogen-bond acceptors (Lipinski definition) is 8. The maximum absolute atomic E-state index is 14.1. The van der Waals surface area contributed by atoms with Crippen LogP contribution < -0.4 is 20.7 Å². The molecule has 1 aromatic carbocycles. The molecule has 2 aromatic rings. The number of nitrogens with one attached hydrogen (secondary N) is 3. The van der Waals surface area contributed by atoms with Crippen molar-refractivity contribution in [2.45, 2.75) is 135 Å². The Balaban J connectivity index is 0.936. The summed E-state index contributed by atoms with van der Waals surface area (Å²) in [5.41, 5.74) is 4.46. The van der Waals surface area contributed by atoms with Crippen LogP contribution in [0.1, 0.15) is 112 Å². The van der Waals surface area contributed by atoms with Gasteiger partial charge in [-0.2, -0.15) is 0 Å². The predicted octanol–water partition coefficient (Wildman–Crippen LogP) is 5.38. The molecule has 3 atom stereocenters. The quantitative estimate of drug-likeness (QED) is 0.272. The second-order valence-electron chi connectivity index (χ2n) is 15.8. The van der Waals surface area contributed by atoms with E-state index in [0.29, 0.717) is 36.9 Å². The minimum Gasteiger partial charge on any atom is -0.485 e. The number of hydrogen-bond donors (Lipinski definition) is 4. The summed E-state index contributed by atoms with van der Waals surface area (Å²) < 4.78 is 11.3. The van der Waals surface area contributed by atoms with Crippen LogP contribution in [0.5, 0.6) is 5.75 Å². The Morgan fingerprint density at radius 3 is 2.62 bits per heavy atom. The number of β-amino-alcohol motifs (C(OH)–C–C–N with tert-alkyl or cyclic N) is 1. The number of rotatable bonds is 10. The van der Waals surface area contributed by atoms with E-state index in [1.54, 1.807) is 6.20 Å². The van der Waals surface area contributed by atoms with E-state index in [2.05, 4.69) is 38.8 Å². The fourth-order valence-corrected chi connectivity index (χ4v) is 9.35. The average Bonchev–Trinajstić information content (AvgIpc) is 3.68. The molecule has 3 saturated carbocycles. The molecular weight excluding hydrogens is 590 g/mol. The minimum absolute atomic E-state index is 0.00768. The van der Waals surface area contributed by atoms with Gasteiger partial charge < -0.3 is 24.9 Å². The first-order chi connectivity index (χ1) is 22.9. The van der Waals surface area contributed by atoms with E-state index in [4.69, 9.17) is 9.15 Å². The predicted molar refractivity (Wildman–Crippen MR) is 182 cm³/mol. The molecule has 47 heavy (non-hydrogen) atoms. The number of amides is 1. The van der Waals surface area contributed by atoms with Crippen molar-refractivity contribution in [2.75, 3.05) is 26.2 Å². The van der Waals surface area contributed by atoms with Gasteiger partial charge in [-0.3, -0.25) is 15.0 Å². The summed E-state index contributed by atoms with van der Waals surface area (Å²) in [6, 6.07) is 4.78. The summed E-state index contributed by atoms with van der Waals surface area (Å²) in [5, 5.41) is 22.2. The van der Waals surface area contributed by atoms with Gasteiger partial charge in [0, 0.05) is 44.7 Å². The van der Waals surface area contributed by atoms with Crippen LogP contribution in [0.4, 0.5) is 0 Å². The third kappa shape index (κ3) is 7.90. The first-order valence-corrected chi connectivity index (χ1v) is 18.7. The lowest BCUT2D eigenvalue weighted by Crippen LogP contribution is -2.62. The maximum atomic E-state index is 14.1. The van der Waals surface area contributed by atoms with E-state index in [1.807, 2.05) is 6.07 Å². The van der Waals surface area contributed by atoms with Crippen molar-refractivity contribution in [2.24, 2.45) is 16.7 Å². The Labute approximate surface area is 281 Å². The van der Waals surface area contributed by atoms with Gasteiger partial charge in [-0.25, -0.2) is 4.98 Å². The van der Waals surface area contributed by atoms with Crippen LogP contribution in [-0.4, -0.2) is 65.4 Å². The number of aliphatic hydroxyl groups is 1. The van der Waals surface area contributed by atoms with Gasteiger partial charge in [0.05, 0.1) is 18.5 Å². The van der Waals surface area contributed by atoms with Gasteiger partial charge in [0.1, 0.15) is 12.4 Å². The molecule has 5 aliphatic rings. The summed E-state index contributed by atoms with van der Waals surface area (Å²) in [6.07, 6.45) is 21.1. The fourth-order valence-electron chi connectivity index (χ4n) is 9.35. The summed E-state index contributed by atoms with van der Waals surface area (Å²) in [4.78, 5) is 20.4. The molecule has 3 heterocycles. The first-order valence-electron chi connectivity index (χ1n) is 18.7. The zero-order valence-electron chi connectivity index (χ0n) is 28.5. The zero-order valence-corrected chi connectivity index (χ0v) is 28.5. The number of carbonyl (C=O) groups is 1. The summed E-state index contributed by atoms with van der Waals surface area (Å²) in [6.45, 7) is 5.92. The highest BCUT2D eigenvalue weighted by molar-refractivity contribution is 5.79. The number of aromatic nitrogens is 1.